The van der Waals surface area contributed by atoms with Crippen molar-refractivity contribution in [1.29, 1.82) is 5.26 Å². The van der Waals surface area contributed by atoms with Crippen molar-refractivity contribution in [3.63, 3.8) is 0 Å². The first-order valence-corrected chi connectivity index (χ1v) is 19.1. The normalized spacial score (nSPS) is 21.4. The van der Waals surface area contributed by atoms with Gasteiger partial charge in [0.15, 0.2) is 5.54 Å². The minimum Gasteiger partial charge on any atom is -0.497 e. The number of carbonyl (C=O) groups excluding carboxylic acids is 2. The van der Waals surface area contributed by atoms with Gasteiger partial charge in [0, 0.05) is 56.1 Å². The smallest absolute Gasteiger partial charge is 0.318 e. The lowest BCUT2D eigenvalue weighted by Crippen LogP contribution is -2.61. The summed E-state index contributed by atoms with van der Waals surface area (Å²) in [6, 6.07) is 14.3. The number of ether oxygens (including phenoxy) is 3. The number of aromatic nitrogens is 1. The number of hydrogen-bond donors (Lipinski definition) is 1. The van der Waals surface area contributed by atoms with Gasteiger partial charge < -0.3 is 29.3 Å². The first-order chi connectivity index (χ1) is 25.2. The maximum atomic E-state index is 15.2. The second-order valence-electron chi connectivity index (χ2n) is 13.4. The largest absolute Gasteiger partial charge is 0.497 e. The fourth-order valence-corrected chi connectivity index (χ4v) is 9.35. The minimum atomic E-state index is -4.69. The molecule has 1 aromatic heterocycles. The van der Waals surface area contributed by atoms with Crippen molar-refractivity contribution in [2.24, 2.45) is 0 Å². The van der Waals surface area contributed by atoms with Crippen molar-refractivity contribution in [3.8, 4) is 23.4 Å². The molecule has 7 rings (SSSR count). The molecule has 2 saturated heterocycles. The molecule has 3 aromatic rings. The SMILES string of the molecule is CCOc1ncccc1C1(NC(=O)N2CCN(C3CCN(C4CC4)CC3)CC2)C(=O)N(S(=O)(=O)c2ccc(OC)cc2OC)c2ccc(C#N)cc21. The van der Waals surface area contributed by atoms with Gasteiger partial charge in [-0.1, -0.05) is 0 Å². The van der Waals surface area contributed by atoms with Crippen LogP contribution in [0.2, 0.25) is 0 Å². The number of anilines is 1. The maximum Gasteiger partial charge on any atom is 0.318 e. The van der Waals surface area contributed by atoms with Crippen LogP contribution in [0.1, 0.15) is 49.3 Å². The number of hydrogen-bond acceptors (Lipinski definition) is 11. The summed E-state index contributed by atoms with van der Waals surface area (Å²) in [5.74, 6) is -0.643. The number of benzene rings is 2. The van der Waals surface area contributed by atoms with E-state index >= 15 is 4.79 Å². The first kappa shape index (κ1) is 35.5. The number of nitrogens with one attached hydrogen (secondary N) is 1. The molecule has 1 atom stereocenters. The Balaban J connectivity index is 1.27. The molecule has 14 nitrogen and oxygen atoms in total. The van der Waals surface area contributed by atoms with Crippen LogP contribution in [0.15, 0.2) is 59.6 Å². The summed E-state index contributed by atoms with van der Waals surface area (Å²) in [6.45, 7) is 6.31. The van der Waals surface area contributed by atoms with E-state index in [1.54, 1.807) is 24.0 Å². The van der Waals surface area contributed by atoms with Crippen molar-refractivity contribution in [3.05, 3.63) is 71.4 Å². The van der Waals surface area contributed by atoms with Gasteiger partial charge in [-0.3, -0.25) is 9.69 Å². The highest BCUT2D eigenvalue weighted by Gasteiger charge is 2.59. The van der Waals surface area contributed by atoms with E-state index in [2.05, 4.69) is 26.2 Å². The Morgan fingerprint density at radius 3 is 2.31 bits per heavy atom. The highest BCUT2D eigenvalue weighted by Crippen LogP contribution is 2.50. The molecule has 15 heteroatoms. The number of piperidine rings is 1. The molecule has 1 aliphatic carbocycles. The third-order valence-electron chi connectivity index (χ3n) is 10.6. The summed E-state index contributed by atoms with van der Waals surface area (Å²) in [4.78, 5) is 40.4. The van der Waals surface area contributed by atoms with Crippen LogP contribution in [0.25, 0.3) is 0 Å². The van der Waals surface area contributed by atoms with Gasteiger partial charge in [-0.2, -0.15) is 9.57 Å². The number of sulfonamides is 1. The number of methoxy groups -OCH3 is 2. The molecule has 2 aromatic carbocycles. The Morgan fingerprint density at radius 1 is 0.942 bits per heavy atom. The van der Waals surface area contributed by atoms with Gasteiger partial charge in [-0.15, -0.1) is 0 Å². The molecule has 1 unspecified atom stereocenters. The number of amides is 3. The molecule has 3 fully saturated rings. The number of likely N-dealkylation sites (tertiary alicyclic amines) is 1. The van der Waals surface area contributed by atoms with Crippen molar-refractivity contribution < 1.29 is 32.2 Å². The number of pyridine rings is 1. The molecular weight excluding hydrogens is 687 g/mol. The van der Waals surface area contributed by atoms with Crippen molar-refractivity contribution >= 4 is 27.6 Å². The lowest BCUT2D eigenvalue weighted by molar-refractivity contribution is -0.121. The zero-order valence-corrected chi connectivity index (χ0v) is 30.4. The molecule has 52 heavy (non-hydrogen) atoms. The lowest BCUT2D eigenvalue weighted by atomic mass is 9.83. The number of urea groups is 1. The van der Waals surface area contributed by atoms with Crippen LogP contribution in [0.3, 0.4) is 0 Å². The zero-order chi connectivity index (χ0) is 36.6. The molecule has 3 aliphatic heterocycles. The molecule has 4 heterocycles. The fourth-order valence-electron chi connectivity index (χ4n) is 7.75. The van der Waals surface area contributed by atoms with Crippen LogP contribution >= 0.6 is 0 Å². The van der Waals surface area contributed by atoms with Gasteiger partial charge in [0.2, 0.25) is 5.88 Å². The van der Waals surface area contributed by atoms with E-state index in [9.17, 15) is 18.5 Å². The van der Waals surface area contributed by atoms with Gasteiger partial charge >= 0.3 is 6.03 Å². The van der Waals surface area contributed by atoms with Crippen LogP contribution in [-0.4, -0.2) is 112 Å². The molecule has 274 valence electrons. The second kappa shape index (κ2) is 14.3. The predicted octanol–water partition coefficient (Wildman–Crippen LogP) is 3.30. The van der Waals surface area contributed by atoms with Gasteiger partial charge in [0.25, 0.3) is 15.9 Å². The Bertz CT molecular complexity index is 2000. The summed E-state index contributed by atoms with van der Waals surface area (Å²) in [6.07, 6.45) is 6.29. The average molecular weight is 730 g/mol. The molecule has 1 saturated carbocycles. The van der Waals surface area contributed by atoms with Crippen LogP contribution in [0, 0.1) is 11.3 Å². The monoisotopic (exact) mass is 729 g/mol. The lowest BCUT2D eigenvalue weighted by Gasteiger charge is -2.43. The molecule has 1 N–H and O–H groups in total. The molecule has 0 radical (unpaired) electrons. The summed E-state index contributed by atoms with van der Waals surface area (Å²) >= 11 is 0. The van der Waals surface area contributed by atoms with E-state index in [1.807, 2.05) is 0 Å². The van der Waals surface area contributed by atoms with Crippen molar-refractivity contribution in [2.75, 3.05) is 64.4 Å². The number of nitrogens with zero attached hydrogens (tertiary/aromatic N) is 6. The number of carbonyl (C=O) groups is 2. The maximum absolute atomic E-state index is 15.2. The molecule has 0 spiro atoms. The van der Waals surface area contributed by atoms with Crippen molar-refractivity contribution in [1.82, 2.24) is 25.0 Å². The second-order valence-corrected chi connectivity index (χ2v) is 15.2. The molecule has 0 bridgehead atoms. The predicted molar refractivity (Wildman–Crippen MR) is 191 cm³/mol. The van der Waals surface area contributed by atoms with Gasteiger partial charge in [-0.05, 0) is 88.2 Å². The quantitative estimate of drug-likeness (QED) is 0.327. The van der Waals surface area contributed by atoms with Crippen LogP contribution in [-0.2, 0) is 20.4 Å². The summed E-state index contributed by atoms with van der Waals surface area (Å²) < 4.78 is 46.6. The van der Waals surface area contributed by atoms with Gasteiger partial charge in [0.05, 0.1) is 43.7 Å². The zero-order valence-electron chi connectivity index (χ0n) is 29.6. The number of nitriles is 1. The van der Waals surface area contributed by atoms with Gasteiger partial charge in [-0.25, -0.2) is 18.2 Å². The van der Waals surface area contributed by atoms with E-state index in [0.717, 1.165) is 32.0 Å². The highest BCUT2D eigenvalue weighted by atomic mass is 32.2. The summed E-state index contributed by atoms with van der Waals surface area (Å²) in [5.41, 5.74) is -1.79. The number of rotatable bonds is 10. The Kier molecular flexibility index (Phi) is 9.73. The fraction of sp³-hybridized carbons (Fsp3) is 0.459. The third kappa shape index (κ3) is 6.18. The number of fused-ring (bicyclic) bond motifs is 1. The van der Waals surface area contributed by atoms with E-state index in [0.29, 0.717) is 42.3 Å². The standard InChI is InChI=1S/C37H43N7O7S/c1-4-51-34-29(6-5-15-39-34)37(40-36(46)43-20-18-42(19-21-43)27-13-16-41(17-14-27)26-8-9-26)30-22-25(24-38)7-11-31(30)44(35(37)45)52(47,48)33-12-10-28(49-2)23-32(33)50-3/h5-7,10-12,15,22-23,26-27H,4,8-9,13-14,16-21H2,1-3H3,(H,40,46). The van der Waals surface area contributed by atoms with Crippen LogP contribution in [0.4, 0.5) is 10.5 Å². The Morgan fingerprint density at radius 2 is 1.65 bits per heavy atom. The molecular formula is C37H43N7O7S. The molecule has 3 amide bonds. The Hall–Kier alpha value is -4.91. The Labute approximate surface area is 303 Å². The average Bonchev–Trinajstić information content (AvgIpc) is 4.00. The van der Waals surface area contributed by atoms with E-state index in [-0.39, 0.29) is 45.5 Å². The first-order valence-electron chi connectivity index (χ1n) is 17.7. The topological polar surface area (TPSA) is 158 Å². The van der Waals surface area contributed by atoms with Gasteiger partial charge in [0.1, 0.15) is 16.4 Å². The molecule has 4 aliphatic rings. The van der Waals surface area contributed by atoms with Crippen LogP contribution in [0.5, 0.6) is 17.4 Å². The van der Waals surface area contributed by atoms with Crippen molar-refractivity contribution in [2.45, 2.75) is 55.1 Å². The highest BCUT2D eigenvalue weighted by molar-refractivity contribution is 7.93. The van der Waals surface area contributed by atoms with E-state index < -0.39 is 27.5 Å². The van der Waals surface area contributed by atoms with Crippen LogP contribution < -0.4 is 23.8 Å². The minimum absolute atomic E-state index is 0.0316. The van der Waals surface area contributed by atoms with E-state index in [4.69, 9.17) is 14.2 Å². The number of piperazine rings is 1. The summed E-state index contributed by atoms with van der Waals surface area (Å²) in [5, 5.41) is 12.9. The van der Waals surface area contributed by atoms with E-state index in [1.165, 1.54) is 69.7 Å². The summed E-state index contributed by atoms with van der Waals surface area (Å²) in [7, 11) is -1.94. The third-order valence-corrected chi connectivity index (χ3v) is 12.3.